The molecule has 0 bridgehead atoms. The van der Waals surface area contributed by atoms with Gasteiger partial charge >= 0.3 is 0 Å². The Morgan fingerprint density at radius 1 is 0.968 bits per heavy atom. The van der Waals surface area contributed by atoms with Crippen molar-refractivity contribution in [1.29, 1.82) is 0 Å². The van der Waals surface area contributed by atoms with E-state index < -0.39 is 0 Å². The van der Waals surface area contributed by atoms with Gasteiger partial charge in [0.1, 0.15) is 22.9 Å². The molecule has 0 atom stereocenters. The molecular formula is C23H32N4O4. The summed E-state index contributed by atoms with van der Waals surface area (Å²) in [6, 6.07) is 3.57. The Hall–Kier alpha value is -3.16. The third kappa shape index (κ3) is 3.94. The molecule has 3 rings (SSSR count). The van der Waals surface area contributed by atoms with Crippen molar-refractivity contribution in [3.05, 3.63) is 28.7 Å². The molecule has 0 aliphatic carbocycles. The summed E-state index contributed by atoms with van der Waals surface area (Å²) < 4.78 is 20.2. The number of benzene rings is 1. The van der Waals surface area contributed by atoms with Gasteiger partial charge in [-0.2, -0.15) is 4.98 Å². The van der Waals surface area contributed by atoms with Crippen LogP contribution in [-0.2, 0) is 14.1 Å². The zero-order valence-corrected chi connectivity index (χ0v) is 19.5. The van der Waals surface area contributed by atoms with Crippen LogP contribution >= 0.6 is 0 Å². The minimum Gasteiger partial charge on any atom is -0.496 e. The van der Waals surface area contributed by atoms with Gasteiger partial charge in [0.25, 0.3) is 5.56 Å². The predicted molar refractivity (Wildman–Crippen MR) is 124 cm³/mol. The van der Waals surface area contributed by atoms with E-state index in [2.05, 4.69) is 18.7 Å². The maximum Gasteiger partial charge on any atom is 0.264 e. The van der Waals surface area contributed by atoms with Crippen molar-refractivity contribution in [3.63, 3.8) is 0 Å². The van der Waals surface area contributed by atoms with Crippen LogP contribution in [0.2, 0.25) is 0 Å². The summed E-state index contributed by atoms with van der Waals surface area (Å²) in [5.74, 6) is 2.42. The third-order valence-electron chi connectivity index (χ3n) is 5.43. The highest BCUT2D eigenvalue weighted by Crippen LogP contribution is 2.44. The number of ether oxygens (including phenoxy) is 3. The lowest BCUT2D eigenvalue weighted by Gasteiger charge is -2.24. The molecule has 0 aliphatic heterocycles. The number of rotatable bonds is 9. The lowest BCUT2D eigenvalue weighted by Crippen LogP contribution is -2.33. The molecule has 2 heterocycles. The quantitative estimate of drug-likeness (QED) is 0.519. The number of fused-ring (bicyclic) bond motifs is 1. The number of aryl methyl sites for hydroxylation is 1. The van der Waals surface area contributed by atoms with E-state index in [-0.39, 0.29) is 5.56 Å². The molecule has 168 valence electrons. The second-order valence-corrected chi connectivity index (χ2v) is 7.52. The van der Waals surface area contributed by atoms with Crippen LogP contribution in [0, 0.1) is 0 Å². The largest absolute Gasteiger partial charge is 0.496 e. The first kappa shape index (κ1) is 22.5. The number of nitrogens with zero attached hydrogens (tertiary/aromatic N) is 4. The van der Waals surface area contributed by atoms with Crippen molar-refractivity contribution in [3.8, 4) is 28.4 Å². The van der Waals surface area contributed by atoms with E-state index in [1.54, 1.807) is 45.1 Å². The Bertz CT molecular complexity index is 1100. The Morgan fingerprint density at radius 3 is 2.03 bits per heavy atom. The summed E-state index contributed by atoms with van der Waals surface area (Å²) in [6.45, 7) is 5.94. The van der Waals surface area contributed by atoms with Crippen molar-refractivity contribution < 1.29 is 14.2 Å². The topological polar surface area (TPSA) is 70.8 Å². The number of hydrogen-bond acceptors (Lipinski definition) is 6. The number of methoxy groups -OCH3 is 3. The number of anilines is 1. The molecule has 8 nitrogen and oxygen atoms in total. The van der Waals surface area contributed by atoms with Crippen molar-refractivity contribution >= 4 is 17.0 Å². The van der Waals surface area contributed by atoms with E-state index in [0.717, 1.165) is 25.9 Å². The number of aromatic nitrogens is 3. The highest BCUT2D eigenvalue weighted by molar-refractivity contribution is 5.98. The van der Waals surface area contributed by atoms with Crippen LogP contribution in [0.15, 0.2) is 23.1 Å². The molecule has 31 heavy (non-hydrogen) atoms. The van der Waals surface area contributed by atoms with Crippen LogP contribution in [0.5, 0.6) is 17.2 Å². The summed E-state index contributed by atoms with van der Waals surface area (Å²) in [6.07, 6.45) is 3.86. The maximum absolute atomic E-state index is 13.6. The standard InChI is InChI=1S/C23H32N4O4/c1-8-10-27(11-9-2)23-24-21-20(22(28)26(23)4)16(14-25(21)3)19-17(30-6)12-15(29-5)13-18(19)31-7/h12-14H,8-11H2,1-7H3. The lowest BCUT2D eigenvalue weighted by atomic mass is 10.0. The van der Waals surface area contributed by atoms with Crippen molar-refractivity contribution in [2.45, 2.75) is 26.7 Å². The van der Waals surface area contributed by atoms with Gasteiger partial charge in [-0.15, -0.1) is 0 Å². The molecule has 3 aromatic rings. The summed E-state index contributed by atoms with van der Waals surface area (Å²) in [4.78, 5) is 20.6. The molecule has 2 aromatic heterocycles. The Balaban J connectivity index is 2.34. The van der Waals surface area contributed by atoms with E-state index in [4.69, 9.17) is 19.2 Å². The van der Waals surface area contributed by atoms with Crippen LogP contribution in [0.1, 0.15) is 26.7 Å². The smallest absolute Gasteiger partial charge is 0.264 e. The minimum absolute atomic E-state index is 0.104. The normalized spacial score (nSPS) is 11.1. The summed E-state index contributed by atoms with van der Waals surface area (Å²) >= 11 is 0. The van der Waals surface area contributed by atoms with Crippen LogP contribution < -0.4 is 24.7 Å². The molecule has 0 fully saturated rings. The van der Waals surface area contributed by atoms with E-state index in [0.29, 0.717) is 45.4 Å². The van der Waals surface area contributed by atoms with Crippen molar-refractivity contribution in [1.82, 2.24) is 14.1 Å². The summed E-state index contributed by atoms with van der Waals surface area (Å²) in [7, 11) is 8.44. The molecule has 0 aliphatic rings. The fourth-order valence-electron chi connectivity index (χ4n) is 3.99. The van der Waals surface area contributed by atoms with E-state index in [9.17, 15) is 4.79 Å². The van der Waals surface area contributed by atoms with Gasteiger partial charge in [-0.05, 0) is 12.8 Å². The molecule has 8 heteroatoms. The van der Waals surface area contributed by atoms with Crippen LogP contribution in [0.4, 0.5) is 5.95 Å². The first-order valence-corrected chi connectivity index (χ1v) is 10.5. The Labute approximate surface area is 183 Å². The fraction of sp³-hybridized carbons (Fsp3) is 0.478. The van der Waals surface area contributed by atoms with Crippen molar-refractivity contribution in [2.24, 2.45) is 14.1 Å². The summed E-state index contributed by atoms with van der Waals surface area (Å²) in [5.41, 5.74) is 1.94. The van der Waals surface area contributed by atoms with Gasteiger partial charge in [-0.25, -0.2) is 0 Å². The van der Waals surface area contributed by atoms with Gasteiger partial charge in [0, 0.05) is 51.1 Å². The second-order valence-electron chi connectivity index (χ2n) is 7.52. The average Bonchev–Trinajstić information content (AvgIpc) is 3.10. The Morgan fingerprint density at radius 2 is 1.55 bits per heavy atom. The zero-order chi connectivity index (χ0) is 22.7. The van der Waals surface area contributed by atoms with Crippen LogP contribution in [-0.4, -0.2) is 48.5 Å². The molecule has 0 spiro atoms. The van der Waals surface area contributed by atoms with Gasteiger partial charge in [-0.3, -0.25) is 9.36 Å². The molecular weight excluding hydrogens is 396 g/mol. The average molecular weight is 429 g/mol. The third-order valence-corrected chi connectivity index (χ3v) is 5.43. The fourth-order valence-corrected chi connectivity index (χ4v) is 3.99. The molecule has 0 radical (unpaired) electrons. The highest BCUT2D eigenvalue weighted by atomic mass is 16.5. The van der Waals surface area contributed by atoms with E-state index >= 15 is 0 Å². The van der Waals surface area contributed by atoms with E-state index in [1.807, 2.05) is 17.8 Å². The monoisotopic (exact) mass is 428 g/mol. The maximum atomic E-state index is 13.6. The van der Waals surface area contributed by atoms with Crippen LogP contribution in [0.3, 0.4) is 0 Å². The van der Waals surface area contributed by atoms with Gasteiger partial charge in [-0.1, -0.05) is 13.8 Å². The second kappa shape index (κ2) is 9.32. The molecule has 0 unspecified atom stereocenters. The summed E-state index contributed by atoms with van der Waals surface area (Å²) in [5, 5.41) is 0.531. The zero-order valence-electron chi connectivity index (χ0n) is 19.5. The molecule has 0 amide bonds. The molecule has 0 saturated carbocycles. The first-order chi connectivity index (χ1) is 14.9. The molecule has 0 saturated heterocycles. The predicted octanol–water partition coefficient (Wildman–Crippen LogP) is 3.59. The first-order valence-electron chi connectivity index (χ1n) is 10.5. The minimum atomic E-state index is -0.104. The SMILES string of the molecule is CCCN(CCC)c1nc2c(c(-c3c(OC)cc(OC)cc3OC)cn2C)c(=O)n1C. The molecule has 1 aromatic carbocycles. The molecule has 0 N–H and O–H groups in total. The van der Waals surface area contributed by atoms with E-state index in [1.165, 1.54) is 0 Å². The van der Waals surface area contributed by atoms with Crippen LogP contribution in [0.25, 0.3) is 22.2 Å². The van der Waals surface area contributed by atoms with Gasteiger partial charge in [0.15, 0.2) is 0 Å². The van der Waals surface area contributed by atoms with Gasteiger partial charge in [0.2, 0.25) is 5.95 Å². The van der Waals surface area contributed by atoms with Gasteiger partial charge < -0.3 is 23.7 Å². The highest BCUT2D eigenvalue weighted by Gasteiger charge is 2.24. The van der Waals surface area contributed by atoms with Gasteiger partial charge in [0.05, 0.1) is 32.3 Å². The lowest BCUT2D eigenvalue weighted by molar-refractivity contribution is 0.377. The Kier molecular flexibility index (Phi) is 6.77. The van der Waals surface area contributed by atoms with Crippen molar-refractivity contribution in [2.75, 3.05) is 39.3 Å². The number of hydrogen-bond donors (Lipinski definition) is 0.